The van der Waals surface area contributed by atoms with E-state index in [1.165, 1.54) is 12.1 Å². The predicted molar refractivity (Wildman–Crippen MR) is 162 cm³/mol. The van der Waals surface area contributed by atoms with Crippen LogP contribution in [0.3, 0.4) is 0 Å². The van der Waals surface area contributed by atoms with Crippen LogP contribution < -0.4 is 14.4 Å². The van der Waals surface area contributed by atoms with Crippen molar-refractivity contribution in [1.82, 2.24) is 14.5 Å². The average molecular weight is 637 g/mol. The molecule has 0 spiro atoms. The lowest BCUT2D eigenvalue weighted by molar-refractivity contribution is -0.0706. The zero-order valence-corrected chi connectivity index (χ0v) is 25.3. The standard InChI is InChI=1S/C33H31ClF2N4O5/c1-33(21-6-5-19(34)15-22(21)35)44-28-4-2-3-26(31(28)45-33)39-11-10-38(24-7-8-25(24)39)17-29-37-30-23(36)13-18(32(41)42)14-27(30)40(29)16-20-9-12-43-20/h2-6,13-15,20,24-25H,7-12,16-17H2,1H3,(H,41,42)/t20-,24+,25-,33-/m0/s1. The molecule has 1 aliphatic carbocycles. The monoisotopic (exact) mass is 636 g/mol. The number of carboxylic acids is 1. The molecular formula is C33H31ClF2N4O5. The van der Waals surface area contributed by atoms with E-state index in [0.29, 0.717) is 54.1 Å². The number of carboxylic acid groups (broad SMARTS) is 1. The van der Waals surface area contributed by atoms with Crippen molar-refractivity contribution in [2.75, 3.05) is 24.6 Å². The molecule has 3 aliphatic heterocycles. The molecule has 45 heavy (non-hydrogen) atoms. The van der Waals surface area contributed by atoms with Gasteiger partial charge in [-0.25, -0.2) is 18.6 Å². The van der Waals surface area contributed by atoms with E-state index in [-0.39, 0.29) is 34.8 Å². The van der Waals surface area contributed by atoms with Crippen molar-refractivity contribution in [1.29, 1.82) is 0 Å². The van der Waals surface area contributed by atoms with Crippen LogP contribution in [0.5, 0.6) is 11.5 Å². The van der Waals surface area contributed by atoms with E-state index in [2.05, 4.69) is 9.80 Å². The number of ether oxygens (including phenoxy) is 3. The van der Waals surface area contributed by atoms with Crippen molar-refractivity contribution in [3.05, 3.63) is 82.1 Å². The van der Waals surface area contributed by atoms with Crippen molar-refractivity contribution in [3.63, 3.8) is 0 Å². The summed E-state index contributed by atoms with van der Waals surface area (Å²) in [5.74, 6) is -1.83. The lowest BCUT2D eigenvalue weighted by Crippen LogP contribution is -2.64. The summed E-state index contributed by atoms with van der Waals surface area (Å²) in [5, 5.41) is 9.85. The molecule has 4 aliphatic rings. The number of carbonyl (C=O) groups is 1. The minimum absolute atomic E-state index is 0.0135. The van der Waals surface area contributed by atoms with Gasteiger partial charge in [0.25, 0.3) is 5.79 Å². The number of aromatic carboxylic acids is 1. The minimum Gasteiger partial charge on any atom is -0.478 e. The Bertz CT molecular complexity index is 1850. The first-order valence-corrected chi connectivity index (χ1v) is 15.6. The van der Waals surface area contributed by atoms with Gasteiger partial charge in [0, 0.05) is 43.7 Å². The van der Waals surface area contributed by atoms with Crippen LogP contribution in [-0.4, -0.2) is 63.4 Å². The maximum Gasteiger partial charge on any atom is 0.335 e. The summed E-state index contributed by atoms with van der Waals surface area (Å²) in [4.78, 5) is 21.1. The molecule has 9 nitrogen and oxygen atoms in total. The summed E-state index contributed by atoms with van der Waals surface area (Å²) < 4.78 is 50.2. The third-order valence-corrected chi connectivity index (χ3v) is 9.88. The summed E-state index contributed by atoms with van der Waals surface area (Å²) in [6.07, 6.45) is 2.85. The van der Waals surface area contributed by atoms with Gasteiger partial charge in [-0.1, -0.05) is 17.7 Å². The van der Waals surface area contributed by atoms with Gasteiger partial charge >= 0.3 is 5.97 Å². The highest BCUT2D eigenvalue weighted by molar-refractivity contribution is 6.30. The van der Waals surface area contributed by atoms with Gasteiger partial charge < -0.3 is 28.8 Å². The highest BCUT2D eigenvalue weighted by Gasteiger charge is 2.47. The Balaban J connectivity index is 1.06. The fourth-order valence-electron chi connectivity index (χ4n) is 7.12. The van der Waals surface area contributed by atoms with Gasteiger partial charge in [0.15, 0.2) is 17.3 Å². The lowest BCUT2D eigenvalue weighted by atomic mass is 9.81. The van der Waals surface area contributed by atoms with Gasteiger partial charge in [0.2, 0.25) is 0 Å². The Morgan fingerprint density at radius 1 is 1.07 bits per heavy atom. The average Bonchev–Trinajstić information content (AvgIpc) is 3.48. The Morgan fingerprint density at radius 3 is 2.60 bits per heavy atom. The number of hydrogen-bond acceptors (Lipinski definition) is 7. The minimum atomic E-state index is -1.34. The van der Waals surface area contributed by atoms with Crippen LogP contribution in [-0.2, 0) is 23.6 Å². The van der Waals surface area contributed by atoms with E-state index >= 15 is 4.39 Å². The predicted octanol–water partition coefficient (Wildman–Crippen LogP) is 5.95. The SMILES string of the molecule is C[C@]1(c2ccc(Cl)cc2F)Oc2cccc(N3CCN(Cc4nc5c(F)cc(C(=O)O)cc5n4C[C@@H]4CCO4)[C@@H]4CC[C@@H]43)c2O1. The second kappa shape index (κ2) is 10.6. The molecule has 3 fully saturated rings. The first-order chi connectivity index (χ1) is 21.7. The summed E-state index contributed by atoms with van der Waals surface area (Å²) in [6, 6.07) is 13.2. The van der Waals surface area contributed by atoms with Crippen molar-refractivity contribution in [2.45, 2.75) is 63.3 Å². The van der Waals surface area contributed by atoms with Gasteiger partial charge in [-0.15, -0.1) is 0 Å². The second-order valence-electron chi connectivity index (χ2n) is 12.3. The Labute approximate surface area is 262 Å². The summed E-state index contributed by atoms with van der Waals surface area (Å²) in [5.41, 5.74) is 1.71. The summed E-state index contributed by atoms with van der Waals surface area (Å²) in [6.45, 7) is 4.80. The van der Waals surface area contributed by atoms with Crippen molar-refractivity contribution < 1.29 is 32.9 Å². The number of benzene rings is 3. The Kier molecular flexibility index (Phi) is 6.70. The largest absolute Gasteiger partial charge is 0.478 e. The fraction of sp³-hybridized carbons (Fsp3) is 0.394. The molecule has 12 heteroatoms. The molecule has 1 aromatic heterocycles. The third-order valence-electron chi connectivity index (χ3n) is 9.65. The number of anilines is 1. The van der Waals surface area contributed by atoms with Gasteiger partial charge in [-0.05, 0) is 61.7 Å². The quantitative estimate of drug-likeness (QED) is 0.266. The fourth-order valence-corrected chi connectivity index (χ4v) is 7.27. The highest BCUT2D eigenvalue weighted by atomic mass is 35.5. The number of rotatable bonds is 7. The summed E-state index contributed by atoms with van der Waals surface area (Å²) in [7, 11) is 0. The molecule has 4 aromatic rings. The van der Waals surface area contributed by atoms with E-state index in [0.717, 1.165) is 37.6 Å². The summed E-state index contributed by atoms with van der Waals surface area (Å²) >= 11 is 5.99. The Morgan fingerprint density at radius 2 is 1.89 bits per heavy atom. The molecule has 1 N–H and O–H groups in total. The van der Waals surface area contributed by atoms with Crippen molar-refractivity contribution in [2.24, 2.45) is 0 Å². The number of nitrogens with zero attached hydrogens (tertiary/aromatic N) is 4. The highest BCUT2D eigenvalue weighted by Crippen LogP contribution is 2.51. The number of fused-ring (bicyclic) bond motifs is 3. The molecule has 0 amide bonds. The van der Waals surface area contributed by atoms with Gasteiger partial charge in [-0.2, -0.15) is 0 Å². The zero-order valence-electron chi connectivity index (χ0n) is 24.5. The second-order valence-corrected chi connectivity index (χ2v) is 12.7. The molecule has 1 saturated carbocycles. The first kappa shape index (κ1) is 28.5. The lowest BCUT2D eigenvalue weighted by Gasteiger charge is -2.54. The molecule has 3 aromatic carbocycles. The van der Waals surface area contributed by atoms with Crippen LogP contribution in [0, 0.1) is 11.6 Å². The number of hydrogen-bond donors (Lipinski definition) is 1. The topological polar surface area (TPSA) is 89.3 Å². The van der Waals surface area contributed by atoms with E-state index < -0.39 is 23.4 Å². The van der Waals surface area contributed by atoms with Crippen LogP contribution >= 0.6 is 11.6 Å². The molecule has 2 saturated heterocycles. The van der Waals surface area contributed by atoms with E-state index in [1.54, 1.807) is 19.1 Å². The molecular weight excluding hydrogens is 606 g/mol. The smallest absolute Gasteiger partial charge is 0.335 e. The normalized spacial score (nSPS) is 25.6. The van der Waals surface area contributed by atoms with E-state index in [4.69, 9.17) is 30.8 Å². The number of halogens is 3. The molecule has 0 bridgehead atoms. The maximum atomic E-state index is 15.1. The third kappa shape index (κ3) is 4.71. The van der Waals surface area contributed by atoms with E-state index in [9.17, 15) is 14.3 Å². The molecule has 8 rings (SSSR count). The van der Waals surface area contributed by atoms with Crippen molar-refractivity contribution >= 4 is 34.3 Å². The zero-order chi connectivity index (χ0) is 31.0. The van der Waals surface area contributed by atoms with Crippen LogP contribution in [0.15, 0.2) is 48.5 Å². The van der Waals surface area contributed by atoms with E-state index in [1.807, 2.05) is 22.8 Å². The number of aromatic nitrogens is 2. The van der Waals surface area contributed by atoms with Crippen molar-refractivity contribution in [3.8, 4) is 11.5 Å². The van der Waals surface area contributed by atoms with Gasteiger partial charge in [-0.3, -0.25) is 4.90 Å². The maximum absolute atomic E-state index is 15.1. The van der Waals surface area contributed by atoms with Crippen LogP contribution in [0.1, 0.15) is 47.9 Å². The molecule has 0 radical (unpaired) electrons. The van der Waals surface area contributed by atoms with Crippen LogP contribution in [0.4, 0.5) is 14.5 Å². The molecule has 4 heterocycles. The number of piperazine rings is 1. The number of imidazole rings is 1. The van der Waals surface area contributed by atoms with Gasteiger partial charge in [0.05, 0.1) is 41.5 Å². The van der Waals surface area contributed by atoms with Crippen LogP contribution in [0.25, 0.3) is 11.0 Å². The number of para-hydroxylation sites is 1. The van der Waals surface area contributed by atoms with Crippen LogP contribution in [0.2, 0.25) is 5.02 Å². The molecule has 0 unspecified atom stereocenters. The molecule has 234 valence electrons. The van der Waals surface area contributed by atoms with Gasteiger partial charge in [0.1, 0.15) is 17.2 Å². The Hall–Kier alpha value is -3.93. The molecule has 4 atom stereocenters. The first-order valence-electron chi connectivity index (χ1n) is 15.2.